The lowest BCUT2D eigenvalue weighted by Gasteiger charge is -2.34. The van der Waals surface area contributed by atoms with Crippen molar-refractivity contribution in [2.75, 3.05) is 59.9 Å². The average molecular weight is 570 g/mol. The molecule has 206 valence electrons. The van der Waals surface area contributed by atoms with E-state index < -0.39 is 0 Å². The van der Waals surface area contributed by atoms with Crippen LogP contribution in [0.4, 0.5) is 0 Å². The minimum Gasteiger partial charge on any atom is -0.308 e. The smallest absolute Gasteiger partial charge is 0.160 e. The number of aromatic nitrogens is 3. The first kappa shape index (κ1) is 33.4. The van der Waals surface area contributed by atoms with Crippen molar-refractivity contribution in [1.29, 1.82) is 0 Å². The van der Waals surface area contributed by atoms with Crippen LogP contribution in [0.15, 0.2) is 36.4 Å². The predicted octanol–water partition coefficient (Wildman–Crippen LogP) is 5.12. The van der Waals surface area contributed by atoms with Gasteiger partial charge in [0.1, 0.15) is 11.3 Å². The molecule has 0 aliphatic carbocycles. The van der Waals surface area contributed by atoms with Gasteiger partial charge < -0.3 is 9.47 Å². The van der Waals surface area contributed by atoms with Crippen molar-refractivity contribution in [3.63, 3.8) is 0 Å². The van der Waals surface area contributed by atoms with Gasteiger partial charge in [0.05, 0.1) is 6.54 Å². The summed E-state index contributed by atoms with van der Waals surface area (Å²) in [5.41, 5.74) is 6.81. The van der Waals surface area contributed by atoms with Gasteiger partial charge in [-0.1, -0.05) is 43.3 Å². The second kappa shape index (κ2) is 15.7. The van der Waals surface area contributed by atoms with Crippen LogP contribution in [0.5, 0.6) is 0 Å². The summed E-state index contributed by atoms with van der Waals surface area (Å²) >= 11 is 0. The molecule has 1 aromatic carbocycles. The van der Waals surface area contributed by atoms with Crippen molar-refractivity contribution in [3.05, 3.63) is 64.6 Å². The Hall–Kier alpha value is -1.67. The van der Waals surface area contributed by atoms with E-state index in [2.05, 4.69) is 96.6 Å². The van der Waals surface area contributed by atoms with Gasteiger partial charge in [0, 0.05) is 57.9 Å². The molecule has 3 heterocycles. The minimum absolute atomic E-state index is 0. The Kier molecular flexibility index (Phi) is 14.1. The van der Waals surface area contributed by atoms with Crippen LogP contribution in [0.2, 0.25) is 0 Å². The second-order valence-electron chi connectivity index (χ2n) is 9.81. The predicted molar refractivity (Wildman–Crippen MR) is 164 cm³/mol. The van der Waals surface area contributed by atoms with Gasteiger partial charge in [0.15, 0.2) is 5.65 Å². The molecule has 37 heavy (non-hydrogen) atoms. The van der Waals surface area contributed by atoms with E-state index in [9.17, 15) is 0 Å². The molecule has 0 spiro atoms. The standard InChI is InChI=1S/C28H40N6.3ClH/c1-6-26-30-27-22(2)20-23(3)29-28(27)34(26)21-25-11-9-24(10-12-25)8-7-13-32-16-18-33(19-17-32)15-14-31(4)5;;;/h7-12,20H,6,13-19,21H2,1-5H3;3*1H. The highest BCUT2D eigenvalue weighted by Crippen LogP contribution is 2.21. The van der Waals surface area contributed by atoms with Crippen molar-refractivity contribution in [1.82, 2.24) is 29.2 Å². The van der Waals surface area contributed by atoms with Crippen molar-refractivity contribution >= 4 is 54.5 Å². The summed E-state index contributed by atoms with van der Waals surface area (Å²) in [5, 5.41) is 0. The van der Waals surface area contributed by atoms with Gasteiger partial charge >= 0.3 is 0 Å². The Morgan fingerprint density at radius 2 is 1.57 bits per heavy atom. The lowest BCUT2D eigenvalue weighted by molar-refractivity contribution is 0.134. The highest BCUT2D eigenvalue weighted by atomic mass is 35.5. The Morgan fingerprint density at radius 1 is 0.919 bits per heavy atom. The fraction of sp³-hybridized carbons (Fsp3) is 0.500. The maximum Gasteiger partial charge on any atom is 0.160 e. The molecule has 0 atom stereocenters. The second-order valence-corrected chi connectivity index (χ2v) is 9.81. The van der Waals surface area contributed by atoms with Gasteiger partial charge in [-0.2, -0.15) is 0 Å². The highest BCUT2D eigenvalue weighted by molar-refractivity contribution is 5.86. The zero-order valence-corrected chi connectivity index (χ0v) is 25.3. The number of aryl methyl sites for hydroxylation is 3. The van der Waals surface area contributed by atoms with E-state index in [-0.39, 0.29) is 37.2 Å². The van der Waals surface area contributed by atoms with Crippen LogP contribution in [0.25, 0.3) is 17.2 Å². The fourth-order valence-electron chi connectivity index (χ4n) is 4.68. The SMILES string of the molecule is CCc1nc2c(C)cc(C)nc2n1Cc1ccc(C=CCN2CCN(CCN(C)C)CC2)cc1.Cl.Cl.Cl. The summed E-state index contributed by atoms with van der Waals surface area (Å²) in [5.74, 6) is 1.10. The maximum absolute atomic E-state index is 4.87. The van der Waals surface area contributed by atoms with E-state index in [1.807, 2.05) is 0 Å². The number of rotatable bonds is 9. The summed E-state index contributed by atoms with van der Waals surface area (Å²) in [6.45, 7) is 15.1. The Balaban J connectivity index is 0.00000228. The number of hydrogen-bond acceptors (Lipinski definition) is 5. The molecule has 6 nitrogen and oxygen atoms in total. The summed E-state index contributed by atoms with van der Waals surface area (Å²) in [6.07, 6.45) is 5.46. The molecule has 0 saturated carbocycles. The number of pyridine rings is 1. The zero-order valence-electron chi connectivity index (χ0n) is 22.8. The first-order valence-electron chi connectivity index (χ1n) is 12.6. The summed E-state index contributed by atoms with van der Waals surface area (Å²) in [4.78, 5) is 17.1. The number of nitrogens with zero attached hydrogens (tertiary/aromatic N) is 6. The van der Waals surface area contributed by atoms with E-state index in [0.717, 1.165) is 61.8 Å². The average Bonchev–Trinajstić information content (AvgIpc) is 3.17. The van der Waals surface area contributed by atoms with E-state index in [4.69, 9.17) is 9.97 Å². The summed E-state index contributed by atoms with van der Waals surface area (Å²) in [7, 11) is 4.29. The quantitative estimate of drug-likeness (QED) is 0.358. The molecular weight excluding hydrogens is 527 g/mol. The van der Waals surface area contributed by atoms with Gasteiger partial charge in [0.25, 0.3) is 0 Å². The van der Waals surface area contributed by atoms with Gasteiger partial charge in [0.2, 0.25) is 0 Å². The lowest BCUT2D eigenvalue weighted by atomic mass is 10.1. The van der Waals surface area contributed by atoms with E-state index in [1.54, 1.807) is 0 Å². The first-order chi connectivity index (χ1) is 16.4. The van der Waals surface area contributed by atoms with Gasteiger partial charge in [-0.15, -0.1) is 37.2 Å². The lowest BCUT2D eigenvalue weighted by Crippen LogP contribution is -2.47. The van der Waals surface area contributed by atoms with Crippen molar-refractivity contribution in [3.8, 4) is 0 Å². The number of benzene rings is 1. The van der Waals surface area contributed by atoms with Crippen LogP contribution in [-0.4, -0.2) is 89.1 Å². The third-order valence-corrected chi connectivity index (χ3v) is 6.74. The molecule has 1 aliphatic heterocycles. The van der Waals surface area contributed by atoms with Gasteiger partial charge in [-0.25, -0.2) is 9.97 Å². The van der Waals surface area contributed by atoms with E-state index in [1.165, 1.54) is 36.3 Å². The molecule has 0 radical (unpaired) electrons. The van der Waals surface area contributed by atoms with Crippen LogP contribution < -0.4 is 0 Å². The molecule has 0 N–H and O–H groups in total. The normalized spacial score (nSPS) is 14.5. The highest BCUT2D eigenvalue weighted by Gasteiger charge is 2.16. The van der Waals surface area contributed by atoms with Crippen molar-refractivity contribution in [2.24, 2.45) is 0 Å². The molecule has 0 amide bonds. The van der Waals surface area contributed by atoms with E-state index in [0.29, 0.717) is 0 Å². The molecule has 1 aliphatic rings. The molecule has 1 saturated heterocycles. The first-order valence-corrected chi connectivity index (χ1v) is 12.6. The number of halogens is 3. The van der Waals surface area contributed by atoms with Crippen LogP contribution in [0.1, 0.15) is 35.1 Å². The van der Waals surface area contributed by atoms with Crippen molar-refractivity contribution in [2.45, 2.75) is 33.7 Å². The maximum atomic E-state index is 4.87. The molecule has 4 rings (SSSR count). The Labute approximate surface area is 241 Å². The molecule has 0 bridgehead atoms. The molecule has 9 heteroatoms. The van der Waals surface area contributed by atoms with Crippen LogP contribution >= 0.6 is 37.2 Å². The van der Waals surface area contributed by atoms with E-state index >= 15 is 0 Å². The minimum atomic E-state index is 0. The van der Waals surface area contributed by atoms with Crippen LogP contribution in [0.3, 0.4) is 0 Å². The largest absolute Gasteiger partial charge is 0.308 e. The number of likely N-dealkylation sites (N-methyl/N-ethyl adjacent to an activating group) is 1. The topological polar surface area (TPSA) is 40.4 Å². The number of hydrogen-bond donors (Lipinski definition) is 0. The monoisotopic (exact) mass is 568 g/mol. The summed E-state index contributed by atoms with van der Waals surface area (Å²) in [6, 6.07) is 11.0. The summed E-state index contributed by atoms with van der Waals surface area (Å²) < 4.78 is 2.28. The van der Waals surface area contributed by atoms with Gasteiger partial charge in [-0.3, -0.25) is 9.80 Å². The Morgan fingerprint density at radius 3 is 2.19 bits per heavy atom. The molecule has 1 fully saturated rings. The Bertz CT molecular complexity index is 1120. The molecular formula is C28H43Cl3N6. The third kappa shape index (κ3) is 8.95. The number of fused-ring (bicyclic) bond motifs is 1. The molecule has 2 aromatic heterocycles. The number of imidazole rings is 1. The molecule has 3 aromatic rings. The molecule has 0 unspecified atom stereocenters. The number of piperazine rings is 1. The van der Waals surface area contributed by atoms with Gasteiger partial charge in [-0.05, 0) is 50.7 Å². The van der Waals surface area contributed by atoms with Crippen LogP contribution in [0, 0.1) is 13.8 Å². The fourth-order valence-corrected chi connectivity index (χ4v) is 4.68. The third-order valence-electron chi connectivity index (χ3n) is 6.74. The van der Waals surface area contributed by atoms with Crippen molar-refractivity contribution < 1.29 is 0 Å². The van der Waals surface area contributed by atoms with Crippen LogP contribution in [-0.2, 0) is 13.0 Å². The zero-order chi connectivity index (χ0) is 24.1.